The van der Waals surface area contributed by atoms with Crippen molar-refractivity contribution in [2.24, 2.45) is 0 Å². The lowest BCUT2D eigenvalue weighted by Gasteiger charge is -2.31. The van der Waals surface area contributed by atoms with E-state index in [0.717, 1.165) is 38.3 Å². The molecule has 2 N–H and O–H groups in total. The second-order valence-corrected chi connectivity index (χ2v) is 7.68. The molecular formula is C20H29N3O. The van der Waals surface area contributed by atoms with Crippen molar-refractivity contribution < 1.29 is 5.11 Å². The summed E-state index contributed by atoms with van der Waals surface area (Å²) in [5, 5.41) is 9.84. The van der Waals surface area contributed by atoms with Crippen molar-refractivity contribution in [3.63, 3.8) is 0 Å². The molecule has 3 rings (SSSR count). The molecule has 1 aromatic carbocycles. The topological polar surface area (TPSA) is 52.1 Å². The highest BCUT2D eigenvalue weighted by molar-refractivity contribution is 5.23. The molecule has 1 fully saturated rings. The zero-order valence-corrected chi connectivity index (χ0v) is 14.8. The SMILES string of the molecule is CC(C)(O)CCc1ccc(CN2CCC[C@H](c3ncc[nH]3)C2)cc1. The highest BCUT2D eigenvalue weighted by atomic mass is 16.3. The van der Waals surface area contributed by atoms with Gasteiger partial charge in [-0.3, -0.25) is 4.90 Å². The van der Waals surface area contributed by atoms with E-state index in [1.54, 1.807) is 0 Å². The van der Waals surface area contributed by atoms with Crippen molar-refractivity contribution in [3.05, 3.63) is 53.6 Å². The van der Waals surface area contributed by atoms with Gasteiger partial charge in [0.2, 0.25) is 0 Å². The van der Waals surface area contributed by atoms with E-state index < -0.39 is 5.60 Å². The van der Waals surface area contributed by atoms with Crippen LogP contribution in [-0.2, 0) is 13.0 Å². The Labute approximate surface area is 144 Å². The summed E-state index contributed by atoms with van der Waals surface area (Å²) in [5.41, 5.74) is 2.07. The Morgan fingerprint density at radius 3 is 2.67 bits per heavy atom. The monoisotopic (exact) mass is 327 g/mol. The van der Waals surface area contributed by atoms with Crippen LogP contribution in [0.25, 0.3) is 0 Å². The number of piperidine rings is 1. The lowest BCUT2D eigenvalue weighted by atomic mass is 9.96. The molecule has 0 amide bonds. The van der Waals surface area contributed by atoms with E-state index in [0.29, 0.717) is 5.92 Å². The predicted molar refractivity (Wildman–Crippen MR) is 96.9 cm³/mol. The lowest BCUT2D eigenvalue weighted by Crippen LogP contribution is -2.34. The minimum atomic E-state index is -0.590. The van der Waals surface area contributed by atoms with E-state index in [4.69, 9.17) is 0 Å². The molecule has 0 bridgehead atoms. The Hall–Kier alpha value is -1.65. The molecule has 1 saturated heterocycles. The summed E-state index contributed by atoms with van der Waals surface area (Å²) in [7, 11) is 0. The lowest BCUT2D eigenvalue weighted by molar-refractivity contribution is 0.0714. The fraction of sp³-hybridized carbons (Fsp3) is 0.550. The number of aromatic amines is 1. The molecule has 1 aromatic heterocycles. The van der Waals surface area contributed by atoms with Gasteiger partial charge in [0, 0.05) is 31.4 Å². The number of aryl methyl sites for hydroxylation is 1. The third-order valence-corrected chi connectivity index (χ3v) is 4.87. The van der Waals surface area contributed by atoms with E-state index in [-0.39, 0.29) is 0 Å². The van der Waals surface area contributed by atoms with Crippen molar-refractivity contribution in [3.8, 4) is 0 Å². The number of rotatable bonds is 6. The fourth-order valence-electron chi connectivity index (χ4n) is 3.44. The van der Waals surface area contributed by atoms with Crippen LogP contribution < -0.4 is 0 Å². The van der Waals surface area contributed by atoms with Crippen molar-refractivity contribution in [2.75, 3.05) is 13.1 Å². The van der Waals surface area contributed by atoms with E-state index in [2.05, 4.69) is 39.1 Å². The number of H-pyrrole nitrogens is 1. The highest BCUT2D eigenvalue weighted by Gasteiger charge is 2.22. The predicted octanol–water partition coefficient (Wildman–Crippen LogP) is 3.49. The van der Waals surface area contributed by atoms with Gasteiger partial charge in [0.1, 0.15) is 5.82 Å². The van der Waals surface area contributed by atoms with Crippen LogP contribution in [-0.4, -0.2) is 38.7 Å². The normalized spacial score (nSPS) is 19.5. The number of nitrogens with zero attached hydrogens (tertiary/aromatic N) is 2. The average molecular weight is 327 g/mol. The second kappa shape index (κ2) is 7.49. The van der Waals surface area contributed by atoms with Crippen molar-refractivity contribution in [2.45, 2.75) is 57.6 Å². The van der Waals surface area contributed by atoms with Gasteiger partial charge in [0.25, 0.3) is 0 Å². The Balaban J connectivity index is 1.54. The summed E-state index contributed by atoms with van der Waals surface area (Å²) in [4.78, 5) is 10.2. The number of imidazole rings is 1. The molecule has 4 heteroatoms. The van der Waals surface area contributed by atoms with Crippen LogP contribution >= 0.6 is 0 Å². The van der Waals surface area contributed by atoms with E-state index in [1.807, 2.05) is 26.2 Å². The van der Waals surface area contributed by atoms with Gasteiger partial charge in [0.05, 0.1) is 5.60 Å². The molecule has 2 aromatic rings. The first-order valence-corrected chi connectivity index (χ1v) is 9.01. The highest BCUT2D eigenvalue weighted by Crippen LogP contribution is 2.25. The van der Waals surface area contributed by atoms with Gasteiger partial charge in [-0.25, -0.2) is 4.98 Å². The first-order chi connectivity index (χ1) is 11.5. The van der Waals surface area contributed by atoms with Crippen LogP contribution in [0.2, 0.25) is 0 Å². The van der Waals surface area contributed by atoms with Gasteiger partial charge in [-0.2, -0.15) is 0 Å². The molecule has 130 valence electrons. The van der Waals surface area contributed by atoms with Crippen molar-refractivity contribution in [1.29, 1.82) is 0 Å². The number of hydrogen-bond donors (Lipinski definition) is 2. The fourth-order valence-corrected chi connectivity index (χ4v) is 3.44. The number of likely N-dealkylation sites (tertiary alicyclic amines) is 1. The molecule has 0 saturated carbocycles. The number of aliphatic hydroxyl groups is 1. The van der Waals surface area contributed by atoms with Gasteiger partial charge >= 0.3 is 0 Å². The van der Waals surface area contributed by atoms with Gasteiger partial charge in [-0.1, -0.05) is 24.3 Å². The first-order valence-electron chi connectivity index (χ1n) is 9.01. The average Bonchev–Trinajstić information content (AvgIpc) is 3.08. The summed E-state index contributed by atoms with van der Waals surface area (Å²) < 4.78 is 0. The second-order valence-electron chi connectivity index (χ2n) is 7.68. The zero-order chi connectivity index (χ0) is 17.0. The van der Waals surface area contributed by atoms with E-state index in [9.17, 15) is 5.11 Å². The molecular weight excluding hydrogens is 298 g/mol. The molecule has 0 unspecified atom stereocenters. The summed E-state index contributed by atoms with van der Waals surface area (Å²) >= 11 is 0. The Bertz CT molecular complexity index is 613. The summed E-state index contributed by atoms with van der Waals surface area (Å²) in [5.74, 6) is 1.65. The maximum Gasteiger partial charge on any atom is 0.110 e. The van der Waals surface area contributed by atoms with Crippen LogP contribution in [0, 0.1) is 0 Å². The molecule has 24 heavy (non-hydrogen) atoms. The number of hydrogen-bond acceptors (Lipinski definition) is 3. The van der Waals surface area contributed by atoms with Gasteiger partial charge in [-0.05, 0) is 57.2 Å². The smallest absolute Gasteiger partial charge is 0.110 e. The molecule has 0 spiro atoms. The quantitative estimate of drug-likeness (QED) is 0.854. The first kappa shape index (κ1) is 17.2. The van der Waals surface area contributed by atoms with Gasteiger partial charge < -0.3 is 10.1 Å². The van der Waals surface area contributed by atoms with E-state index in [1.165, 1.54) is 24.0 Å². The van der Waals surface area contributed by atoms with Gasteiger partial charge in [0.15, 0.2) is 0 Å². The summed E-state index contributed by atoms with van der Waals surface area (Å²) in [6, 6.07) is 8.87. The van der Waals surface area contributed by atoms with Crippen LogP contribution in [0.5, 0.6) is 0 Å². The molecule has 0 radical (unpaired) electrons. The maximum atomic E-state index is 9.84. The molecule has 4 nitrogen and oxygen atoms in total. The Kier molecular flexibility index (Phi) is 5.36. The van der Waals surface area contributed by atoms with Crippen LogP contribution in [0.4, 0.5) is 0 Å². The third-order valence-electron chi connectivity index (χ3n) is 4.87. The van der Waals surface area contributed by atoms with Crippen molar-refractivity contribution in [1.82, 2.24) is 14.9 Å². The standard InChI is InChI=1S/C20H29N3O/c1-20(2,24)10-9-16-5-7-17(8-6-16)14-23-13-3-4-18(15-23)19-21-11-12-22-19/h5-8,11-12,18,24H,3-4,9-10,13-15H2,1-2H3,(H,21,22)/t18-/m0/s1. The number of nitrogens with one attached hydrogen (secondary N) is 1. The summed E-state index contributed by atoms with van der Waals surface area (Å²) in [6.45, 7) is 6.98. The minimum absolute atomic E-state index is 0.528. The molecule has 0 aliphatic carbocycles. The maximum absolute atomic E-state index is 9.84. The molecule has 1 atom stereocenters. The van der Waals surface area contributed by atoms with Crippen LogP contribution in [0.3, 0.4) is 0 Å². The molecule has 2 heterocycles. The van der Waals surface area contributed by atoms with E-state index >= 15 is 0 Å². The van der Waals surface area contributed by atoms with Crippen molar-refractivity contribution >= 4 is 0 Å². The Morgan fingerprint density at radius 1 is 1.25 bits per heavy atom. The molecule has 1 aliphatic heterocycles. The van der Waals surface area contributed by atoms with Gasteiger partial charge in [-0.15, -0.1) is 0 Å². The number of aromatic nitrogens is 2. The zero-order valence-electron chi connectivity index (χ0n) is 14.8. The van der Waals surface area contributed by atoms with Crippen LogP contribution in [0.15, 0.2) is 36.7 Å². The minimum Gasteiger partial charge on any atom is -0.390 e. The largest absolute Gasteiger partial charge is 0.390 e. The summed E-state index contributed by atoms with van der Waals surface area (Å²) in [6.07, 6.45) is 7.94. The van der Waals surface area contributed by atoms with Crippen LogP contribution in [0.1, 0.15) is 56.0 Å². The third kappa shape index (κ3) is 4.92. The number of benzene rings is 1. The molecule has 1 aliphatic rings. The Morgan fingerprint density at radius 2 is 2.00 bits per heavy atom.